The van der Waals surface area contributed by atoms with E-state index < -0.39 is 5.82 Å². The van der Waals surface area contributed by atoms with Crippen molar-refractivity contribution in [2.45, 2.75) is 33.7 Å². The van der Waals surface area contributed by atoms with Gasteiger partial charge in [-0.15, -0.1) is 12.4 Å². The molecule has 0 aliphatic rings. The Morgan fingerprint density at radius 3 is 2.25 bits per heavy atom. The number of phenols is 1. The molecule has 4 heteroatoms. The van der Waals surface area contributed by atoms with Gasteiger partial charge in [-0.3, -0.25) is 0 Å². The number of aryl methyl sites for hydroxylation is 1. The number of halogens is 2. The van der Waals surface area contributed by atoms with E-state index in [2.05, 4.69) is 0 Å². The van der Waals surface area contributed by atoms with Gasteiger partial charge in [-0.25, -0.2) is 4.39 Å². The van der Waals surface area contributed by atoms with Crippen LogP contribution in [-0.4, -0.2) is 5.11 Å². The molecule has 0 spiro atoms. The Morgan fingerprint density at radius 2 is 1.81 bits per heavy atom. The SMILES string of the molecule is Cc1ccc(F)c(O)c1[C@@H](N)C(C)(C)C.Cl. The Kier molecular flexibility index (Phi) is 4.77. The van der Waals surface area contributed by atoms with Gasteiger partial charge in [0.05, 0.1) is 0 Å². The molecule has 3 N–H and O–H groups in total. The first kappa shape index (κ1) is 15.2. The zero-order valence-electron chi connectivity index (χ0n) is 10.0. The number of hydrogen-bond acceptors (Lipinski definition) is 2. The Labute approximate surface area is 102 Å². The summed E-state index contributed by atoms with van der Waals surface area (Å²) in [7, 11) is 0. The summed E-state index contributed by atoms with van der Waals surface area (Å²) in [5.74, 6) is -0.937. The number of hydrogen-bond donors (Lipinski definition) is 2. The van der Waals surface area contributed by atoms with Crippen molar-refractivity contribution >= 4 is 12.4 Å². The maximum Gasteiger partial charge on any atom is 0.165 e. The molecule has 0 amide bonds. The van der Waals surface area contributed by atoms with Crippen molar-refractivity contribution in [3.05, 3.63) is 29.1 Å². The minimum absolute atomic E-state index is 0. The van der Waals surface area contributed by atoms with Crippen LogP contribution in [0.15, 0.2) is 12.1 Å². The van der Waals surface area contributed by atoms with Gasteiger partial charge in [0.1, 0.15) is 0 Å². The van der Waals surface area contributed by atoms with Crippen LogP contribution in [0, 0.1) is 18.2 Å². The fraction of sp³-hybridized carbons (Fsp3) is 0.500. The van der Waals surface area contributed by atoms with E-state index in [0.717, 1.165) is 5.56 Å². The number of phenolic OH excluding ortho intramolecular Hbond substituents is 1. The van der Waals surface area contributed by atoms with Crippen LogP contribution in [0.3, 0.4) is 0 Å². The van der Waals surface area contributed by atoms with Gasteiger partial charge in [0.25, 0.3) is 0 Å². The number of aromatic hydroxyl groups is 1. The standard InChI is InChI=1S/C12H18FNO.ClH/c1-7-5-6-8(13)10(15)9(7)11(14)12(2,3)4;/h5-6,11,15H,14H2,1-4H3;1H/t11-;/m1./s1. The molecule has 16 heavy (non-hydrogen) atoms. The second-order valence-electron chi connectivity index (χ2n) is 4.97. The van der Waals surface area contributed by atoms with Crippen molar-refractivity contribution in [1.29, 1.82) is 0 Å². The van der Waals surface area contributed by atoms with Gasteiger partial charge in [-0.1, -0.05) is 26.8 Å². The summed E-state index contributed by atoms with van der Waals surface area (Å²) >= 11 is 0. The fourth-order valence-electron chi connectivity index (χ4n) is 1.51. The molecule has 1 rings (SSSR count). The van der Waals surface area contributed by atoms with Gasteiger partial charge in [0, 0.05) is 11.6 Å². The predicted octanol–water partition coefficient (Wildman–Crippen LogP) is 3.31. The quantitative estimate of drug-likeness (QED) is 0.800. The van der Waals surface area contributed by atoms with Crippen LogP contribution >= 0.6 is 12.4 Å². The van der Waals surface area contributed by atoms with E-state index in [4.69, 9.17) is 5.73 Å². The van der Waals surface area contributed by atoms with Crippen molar-refractivity contribution in [3.8, 4) is 5.75 Å². The van der Waals surface area contributed by atoms with E-state index in [9.17, 15) is 9.50 Å². The van der Waals surface area contributed by atoms with Gasteiger partial charge in [-0.2, -0.15) is 0 Å². The highest BCUT2D eigenvalue weighted by atomic mass is 35.5. The van der Waals surface area contributed by atoms with Gasteiger partial charge in [0.2, 0.25) is 0 Å². The molecule has 1 atom stereocenters. The average Bonchev–Trinajstić information content (AvgIpc) is 2.10. The van der Waals surface area contributed by atoms with E-state index in [-0.39, 0.29) is 29.6 Å². The first-order valence-electron chi connectivity index (χ1n) is 4.98. The summed E-state index contributed by atoms with van der Waals surface area (Å²) in [5.41, 5.74) is 7.12. The Bertz CT molecular complexity index is 374. The lowest BCUT2D eigenvalue weighted by Gasteiger charge is -2.29. The van der Waals surface area contributed by atoms with E-state index in [1.165, 1.54) is 6.07 Å². The number of benzene rings is 1. The summed E-state index contributed by atoms with van der Waals surface area (Å²) in [4.78, 5) is 0. The van der Waals surface area contributed by atoms with E-state index >= 15 is 0 Å². The molecule has 1 aromatic carbocycles. The molecule has 1 aromatic rings. The monoisotopic (exact) mass is 247 g/mol. The van der Waals surface area contributed by atoms with Crippen molar-refractivity contribution < 1.29 is 9.50 Å². The molecule has 0 fully saturated rings. The largest absolute Gasteiger partial charge is 0.505 e. The molecule has 0 saturated heterocycles. The van der Waals surface area contributed by atoms with Gasteiger partial charge in [0.15, 0.2) is 11.6 Å². The third-order valence-corrected chi connectivity index (χ3v) is 2.63. The first-order valence-corrected chi connectivity index (χ1v) is 4.98. The van der Waals surface area contributed by atoms with Crippen LogP contribution in [0.2, 0.25) is 0 Å². The summed E-state index contributed by atoms with van der Waals surface area (Å²) in [5, 5.41) is 9.66. The van der Waals surface area contributed by atoms with Crippen LogP contribution in [0.1, 0.15) is 37.9 Å². The molecule has 92 valence electrons. The lowest BCUT2D eigenvalue weighted by atomic mass is 9.81. The van der Waals surface area contributed by atoms with Crippen LogP contribution in [0.4, 0.5) is 4.39 Å². The highest BCUT2D eigenvalue weighted by Gasteiger charge is 2.27. The van der Waals surface area contributed by atoms with Crippen molar-refractivity contribution in [1.82, 2.24) is 0 Å². The fourth-order valence-corrected chi connectivity index (χ4v) is 1.51. The average molecular weight is 248 g/mol. The van der Waals surface area contributed by atoms with Gasteiger partial charge >= 0.3 is 0 Å². The zero-order valence-corrected chi connectivity index (χ0v) is 10.9. The molecule has 2 nitrogen and oxygen atoms in total. The van der Waals surface area contributed by atoms with Crippen LogP contribution in [0.5, 0.6) is 5.75 Å². The van der Waals surface area contributed by atoms with Crippen LogP contribution < -0.4 is 5.73 Å². The number of nitrogens with two attached hydrogens (primary N) is 1. The first-order chi connectivity index (χ1) is 6.75. The van der Waals surface area contributed by atoms with Gasteiger partial charge < -0.3 is 10.8 Å². The summed E-state index contributed by atoms with van der Waals surface area (Å²) in [6, 6.07) is 2.51. The number of rotatable bonds is 1. The predicted molar refractivity (Wildman–Crippen MR) is 66.4 cm³/mol. The van der Waals surface area contributed by atoms with Gasteiger partial charge in [-0.05, 0) is 24.0 Å². The van der Waals surface area contributed by atoms with E-state index in [0.29, 0.717) is 5.56 Å². The minimum atomic E-state index is -0.615. The molecule has 0 bridgehead atoms. The Morgan fingerprint density at radius 1 is 1.31 bits per heavy atom. The molecule has 0 aromatic heterocycles. The minimum Gasteiger partial charge on any atom is -0.505 e. The second-order valence-corrected chi connectivity index (χ2v) is 4.97. The second kappa shape index (κ2) is 5.02. The third-order valence-electron chi connectivity index (χ3n) is 2.63. The maximum absolute atomic E-state index is 13.2. The third kappa shape index (κ3) is 2.86. The van der Waals surface area contributed by atoms with Crippen molar-refractivity contribution in [2.75, 3.05) is 0 Å². The molecule has 0 unspecified atom stereocenters. The molecule has 0 heterocycles. The molecular weight excluding hydrogens is 229 g/mol. The summed E-state index contributed by atoms with van der Waals surface area (Å²) < 4.78 is 13.2. The maximum atomic E-state index is 13.2. The van der Waals surface area contributed by atoms with Crippen LogP contribution in [0.25, 0.3) is 0 Å². The van der Waals surface area contributed by atoms with E-state index in [1.807, 2.05) is 27.7 Å². The van der Waals surface area contributed by atoms with Crippen LogP contribution in [-0.2, 0) is 0 Å². The van der Waals surface area contributed by atoms with E-state index in [1.54, 1.807) is 6.07 Å². The molecule has 0 radical (unpaired) electrons. The topological polar surface area (TPSA) is 46.2 Å². The zero-order chi connectivity index (χ0) is 11.8. The van der Waals surface area contributed by atoms with Crippen molar-refractivity contribution in [2.24, 2.45) is 11.1 Å². The lowest BCUT2D eigenvalue weighted by molar-refractivity contribution is 0.312. The smallest absolute Gasteiger partial charge is 0.165 e. The Hall–Kier alpha value is -0.800. The summed E-state index contributed by atoms with van der Waals surface area (Å²) in [6.07, 6.45) is 0. The molecule has 0 aliphatic carbocycles. The molecular formula is C12H19ClFNO. The molecule has 0 saturated carbocycles. The van der Waals surface area contributed by atoms with Crippen molar-refractivity contribution in [3.63, 3.8) is 0 Å². The normalized spacial score (nSPS) is 13.1. The summed E-state index contributed by atoms with van der Waals surface area (Å²) in [6.45, 7) is 7.70. The lowest BCUT2D eigenvalue weighted by Crippen LogP contribution is -2.27. The highest BCUT2D eigenvalue weighted by Crippen LogP contribution is 2.38. The molecule has 0 aliphatic heterocycles. The highest BCUT2D eigenvalue weighted by molar-refractivity contribution is 5.85. The Balaban J connectivity index is 0.00000225.